The number of nitrogens with one attached hydrogen (secondary N) is 1. The van der Waals surface area contributed by atoms with Crippen molar-refractivity contribution in [1.29, 1.82) is 0 Å². The summed E-state index contributed by atoms with van der Waals surface area (Å²) in [7, 11) is 0. The third kappa shape index (κ3) is 6.99. The van der Waals surface area contributed by atoms with Crippen LogP contribution in [0.3, 0.4) is 0 Å². The Bertz CT molecular complexity index is 943. The van der Waals surface area contributed by atoms with E-state index in [1.807, 2.05) is 65.8 Å². The number of carbonyl (C=O) groups is 2. The van der Waals surface area contributed by atoms with E-state index in [0.717, 1.165) is 22.3 Å². The van der Waals surface area contributed by atoms with Gasteiger partial charge in [0.1, 0.15) is 11.8 Å². The zero-order valence-corrected chi connectivity index (χ0v) is 20.8. The molecule has 32 heavy (non-hydrogen) atoms. The minimum atomic E-state index is -0.610. The fourth-order valence-corrected chi connectivity index (χ4v) is 3.72. The number of ether oxygens (including phenoxy) is 1. The van der Waals surface area contributed by atoms with E-state index in [-0.39, 0.29) is 25.0 Å². The molecular weight excluding hydrogens is 424 g/mol. The molecule has 2 amide bonds. The van der Waals surface area contributed by atoms with Crippen molar-refractivity contribution in [3.05, 3.63) is 63.7 Å². The molecule has 2 rings (SSSR count). The molecule has 0 aliphatic rings. The standard InChI is InChI=1S/C26H35ClN2O3/c1-7-23(26(31)28-14-17(2)3)29(15-21-10-8-9-11-22(21)27)25(30)16-32-24-13-18(4)12-19(5)20(24)6/h8-13,17,23H,7,14-16H2,1-6H3,(H,28,31)/t23-/m1/s1. The van der Waals surface area contributed by atoms with Crippen LogP contribution in [0.2, 0.25) is 5.02 Å². The molecular formula is C26H35ClN2O3. The highest BCUT2D eigenvalue weighted by Gasteiger charge is 2.29. The number of halogens is 1. The van der Waals surface area contributed by atoms with Crippen LogP contribution >= 0.6 is 11.6 Å². The minimum absolute atomic E-state index is 0.151. The lowest BCUT2D eigenvalue weighted by atomic mass is 10.1. The molecule has 0 heterocycles. The Balaban J connectivity index is 2.27. The highest BCUT2D eigenvalue weighted by Crippen LogP contribution is 2.24. The fraction of sp³-hybridized carbons (Fsp3) is 0.462. The molecule has 0 unspecified atom stereocenters. The van der Waals surface area contributed by atoms with E-state index in [2.05, 4.69) is 11.4 Å². The van der Waals surface area contributed by atoms with Crippen molar-refractivity contribution in [1.82, 2.24) is 10.2 Å². The molecule has 0 saturated carbocycles. The van der Waals surface area contributed by atoms with Crippen molar-refractivity contribution in [2.75, 3.05) is 13.2 Å². The van der Waals surface area contributed by atoms with E-state index >= 15 is 0 Å². The Kier molecular flexibility index (Phi) is 9.58. The van der Waals surface area contributed by atoms with Gasteiger partial charge in [-0.05, 0) is 67.5 Å². The topological polar surface area (TPSA) is 58.6 Å². The van der Waals surface area contributed by atoms with E-state index in [1.165, 1.54) is 0 Å². The van der Waals surface area contributed by atoms with Crippen molar-refractivity contribution in [3.63, 3.8) is 0 Å². The molecule has 0 radical (unpaired) electrons. The van der Waals surface area contributed by atoms with Crippen molar-refractivity contribution in [2.45, 2.75) is 60.5 Å². The lowest BCUT2D eigenvalue weighted by molar-refractivity contribution is -0.143. The maximum Gasteiger partial charge on any atom is 0.261 e. The number of benzene rings is 2. The molecule has 0 aromatic heterocycles. The summed E-state index contributed by atoms with van der Waals surface area (Å²) in [5.41, 5.74) is 3.98. The molecule has 0 bridgehead atoms. The summed E-state index contributed by atoms with van der Waals surface area (Å²) in [6.45, 7) is 12.6. The van der Waals surface area contributed by atoms with Crippen molar-refractivity contribution >= 4 is 23.4 Å². The number of nitrogens with zero attached hydrogens (tertiary/aromatic N) is 1. The van der Waals surface area contributed by atoms with Gasteiger partial charge in [0.15, 0.2) is 6.61 Å². The predicted molar refractivity (Wildman–Crippen MR) is 130 cm³/mol. The van der Waals surface area contributed by atoms with Crippen molar-refractivity contribution in [3.8, 4) is 5.75 Å². The molecule has 1 N–H and O–H groups in total. The summed E-state index contributed by atoms with van der Waals surface area (Å²) >= 11 is 6.36. The molecule has 0 spiro atoms. The van der Waals surface area contributed by atoms with E-state index < -0.39 is 6.04 Å². The first-order valence-electron chi connectivity index (χ1n) is 11.1. The second kappa shape index (κ2) is 11.9. The molecule has 0 aliphatic heterocycles. The Labute approximate surface area is 197 Å². The number of amides is 2. The smallest absolute Gasteiger partial charge is 0.261 e. The molecule has 0 fully saturated rings. The number of carbonyl (C=O) groups excluding carboxylic acids is 2. The van der Waals surface area contributed by atoms with Crippen LogP contribution in [-0.4, -0.2) is 35.9 Å². The van der Waals surface area contributed by atoms with Gasteiger partial charge in [-0.25, -0.2) is 0 Å². The van der Waals surface area contributed by atoms with Gasteiger partial charge >= 0.3 is 0 Å². The van der Waals surface area contributed by atoms with Gasteiger partial charge in [-0.3, -0.25) is 9.59 Å². The largest absolute Gasteiger partial charge is 0.483 e. The lowest BCUT2D eigenvalue weighted by Crippen LogP contribution is -2.50. The number of rotatable bonds is 10. The van der Waals surface area contributed by atoms with Crippen LogP contribution in [0.4, 0.5) is 0 Å². The normalized spacial score (nSPS) is 11.9. The van der Waals surface area contributed by atoms with Crippen LogP contribution in [0.5, 0.6) is 5.75 Å². The average molecular weight is 459 g/mol. The van der Waals surface area contributed by atoms with Crippen molar-refractivity contribution in [2.24, 2.45) is 5.92 Å². The lowest BCUT2D eigenvalue weighted by Gasteiger charge is -2.31. The van der Waals surface area contributed by atoms with E-state index in [0.29, 0.717) is 29.7 Å². The predicted octanol–water partition coefficient (Wildman–Crippen LogP) is 5.22. The quantitative estimate of drug-likeness (QED) is 0.530. The van der Waals surface area contributed by atoms with Gasteiger partial charge < -0.3 is 15.0 Å². The summed E-state index contributed by atoms with van der Waals surface area (Å²) in [5, 5.41) is 3.52. The number of hydrogen-bond acceptors (Lipinski definition) is 3. The maximum atomic E-state index is 13.3. The van der Waals surface area contributed by atoms with Crippen LogP contribution in [0.1, 0.15) is 49.4 Å². The summed E-state index contributed by atoms with van der Waals surface area (Å²) in [4.78, 5) is 27.9. The van der Waals surface area contributed by atoms with Gasteiger partial charge in [0.25, 0.3) is 5.91 Å². The van der Waals surface area contributed by atoms with E-state index in [1.54, 1.807) is 11.0 Å². The van der Waals surface area contributed by atoms with Gasteiger partial charge in [0.2, 0.25) is 5.91 Å². The highest BCUT2D eigenvalue weighted by molar-refractivity contribution is 6.31. The first-order valence-corrected chi connectivity index (χ1v) is 11.5. The van der Waals surface area contributed by atoms with E-state index in [9.17, 15) is 9.59 Å². The summed E-state index contributed by atoms with van der Waals surface area (Å²) in [6, 6.07) is 10.8. The SMILES string of the molecule is CC[C@H](C(=O)NCC(C)C)N(Cc1ccccc1Cl)C(=O)COc1cc(C)cc(C)c1C. The van der Waals surface area contributed by atoms with Crippen LogP contribution in [0.25, 0.3) is 0 Å². The molecule has 1 atom stereocenters. The summed E-state index contributed by atoms with van der Waals surface area (Å²) in [5.74, 6) is 0.588. The van der Waals surface area contributed by atoms with E-state index in [4.69, 9.17) is 16.3 Å². The van der Waals surface area contributed by atoms with Crippen LogP contribution in [-0.2, 0) is 16.1 Å². The number of aryl methyl sites for hydroxylation is 2. The van der Waals surface area contributed by atoms with Gasteiger partial charge in [-0.15, -0.1) is 0 Å². The first-order chi connectivity index (χ1) is 15.1. The Morgan fingerprint density at radius 2 is 1.81 bits per heavy atom. The Morgan fingerprint density at radius 1 is 1.12 bits per heavy atom. The second-order valence-electron chi connectivity index (χ2n) is 8.67. The Morgan fingerprint density at radius 3 is 2.44 bits per heavy atom. The highest BCUT2D eigenvalue weighted by atomic mass is 35.5. The van der Waals surface area contributed by atoms with Gasteiger partial charge in [-0.2, -0.15) is 0 Å². The number of hydrogen-bond donors (Lipinski definition) is 1. The molecule has 2 aromatic carbocycles. The third-order valence-corrected chi connectivity index (χ3v) is 5.85. The molecule has 6 heteroatoms. The monoisotopic (exact) mass is 458 g/mol. The molecule has 5 nitrogen and oxygen atoms in total. The van der Waals surface area contributed by atoms with Crippen LogP contribution < -0.4 is 10.1 Å². The van der Waals surface area contributed by atoms with Crippen LogP contribution in [0, 0.1) is 26.7 Å². The average Bonchev–Trinajstić information content (AvgIpc) is 2.74. The van der Waals surface area contributed by atoms with Gasteiger partial charge in [0.05, 0.1) is 0 Å². The second-order valence-corrected chi connectivity index (χ2v) is 9.08. The Hall–Kier alpha value is -2.53. The zero-order valence-electron chi connectivity index (χ0n) is 20.0. The summed E-state index contributed by atoms with van der Waals surface area (Å²) in [6.07, 6.45) is 0.489. The van der Waals surface area contributed by atoms with Crippen molar-refractivity contribution < 1.29 is 14.3 Å². The third-order valence-electron chi connectivity index (χ3n) is 5.48. The summed E-state index contributed by atoms with van der Waals surface area (Å²) < 4.78 is 5.93. The fourth-order valence-electron chi connectivity index (χ4n) is 3.53. The molecule has 2 aromatic rings. The molecule has 174 valence electrons. The zero-order chi connectivity index (χ0) is 23.8. The first kappa shape index (κ1) is 25.7. The van der Waals surface area contributed by atoms with Gasteiger partial charge in [-0.1, -0.05) is 56.6 Å². The minimum Gasteiger partial charge on any atom is -0.483 e. The van der Waals surface area contributed by atoms with Gasteiger partial charge in [0, 0.05) is 18.1 Å². The van der Waals surface area contributed by atoms with Crippen LogP contribution in [0.15, 0.2) is 36.4 Å². The maximum absolute atomic E-state index is 13.3. The molecule has 0 aliphatic carbocycles. The molecule has 0 saturated heterocycles.